The van der Waals surface area contributed by atoms with Crippen molar-refractivity contribution in [2.75, 3.05) is 6.61 Å². The predicted molar refractivity (Wildman–Crippen MR) is 65.8 cm³/mol. The first-order valence-corrected chi connectivity index (χ1v) is 5.18. The summed E-state index contributed by atoms with van der Waals surface area (Å²) >= 11 is 5.97. The molecule has 0 amide bonds. The largest absolute Gasteiger partial charge is 0.480 e. The Morgan fingerprint density at radius 1 is 1.47 bits per heavy atom. The molecule has 0 saturated carbocycles. The summed E-state index contributed by atoms with van der Waals surface area (Å²) in [4.78, 5) is 3.97. The number of benzene rings is 1. The zero-order chi connectivity index (χ0) is 12.3. The predicted octanol–water partition coefficient (Wildman–Crippen LogP) is 2.77. The lowest BCUT2D eigenvalue weighted by Gasteiger charge is -2.07. The fourth-order valence-electron chi connectivity index (χ4n) is 1.49. The third-order valence-electron chi connectivity index (χ3n) is 2.25. The first-order chi connectivity index (χ1) is 8.26. The van der Waals surface area contributed by atoms with Crippen molar-refractivity contribution in [3.8, 4) is 24.2 Å². The van der Waals surface area contributed by atoms with Crippen molar-refractivity contribution in [2.24, 2.45) is 0 Å². The van der Waals surface area contributed by atoms with E-state index in [2.05, 4.69) is 17.0 Å². The Bertz CT molecular complexity index is 653. The molecule has 1 aromatic carbocycles. The minimum atomic E-state index is 0.109. The number of fused-ring (bicyclic) bond motifs is 1. The average molecular weight is 243 g/mol. The molecular formula is C13H7ClN2O. The molecule has 0 radical (unpaired) electrons. The maximum absolute atomic E-state index is 9.02. The van der Waals surface area contributed by atoms with E-state index in [1.807, 2.05) is 0 Å². The highest BCUT2D eigenvalue weighted by Crippen LogP contribution is 2.29. The van der Waals surface area contributed by atoms with Gasteiger partial charge < -0.3 is 4.74 Å². The van der Waals surface area contributed by atoms with Crippen molar-refractivity contribution in [1.82, 2.24) is 4.98 Å². The van der Waals surface area contributed by atoms with Gasteiger partial charge in [-0.15, -0.1) is 6.42 Å². The third kappa shape index (κ3) is 2.15. The van der Waals surface area contributed by atoms with Gasteiger partial charge in [-0.25, -0.2) is 4.98 Å². The average Bonchev–Trinajstić information content (AvgIpc) is 2.36. The van der Waals surface area contributed by atoms with Gasteiger partial charge in [0.25, 0.3) is 0 Å². The van der Waals surface area contributed by atoms with Crippen LogP contribution in [0.2, 0.25) is 5.15 Å². The summed E-state index contributed by atoms with van der Waals surface area (Å²) in [6, 6.07) is 7.23. The van der Waals surface area contributed by atoms with Crippen LogP contribution in [0.5, 0.6) is 5.75 Å². The minimum Gasteiger partial charge on any atom is -0.480 e. The van der Waals surface area contributed by atoms with Gasteiger partial charge >= 0.3 is 0 Å². The van der Waals surface area contributed by atoms with Gasteiger partial charge in [0.15, 0.2) is 0 Å². The number of nitrogens with zero attached hydrogens (tertiary/aromatic N) is 2. The maximum atomic E-state index is 9.02. The molecule has 0 fully saturated rings. The highest BCUT2D eigenvalue weighted by molar-refractivity contribution is 6.34. The molecule has 3 nitrogen and oxygen atoms in total. The van der Waals surface area contributed by atoms with Crippen molar-refractivity contribution >= 4 is 22.4 Å². The first-order valence-electron chi connectivity index (χ1n) is 4.81. The molecular weight excluding hydrogens is 236 g/mol. The summed E-state index contributed by atoms with van der Waals surface area (Å²) in [5.74, 6) is 2.77. The van der Waals surface area contributed by atoms with Crippen molar-refractivity contribution in [3.63, 3.8) is 0 Å². The van der Waals surface area contributed by atoms with Gasteiger partial charge in [-0.1, -0.05) is 17.5 Å². The third-order valence-corrected chi connectivity index (χ3v) is 2.55. The van der Waals surface area contributed by atoms with Crippen LogP contribution in [0, 0.1) is 23.7 Å². The van der Waals surface area contributed by atoms with Gasteiger partial charge in [-0.2, -0.15) is 5.26 Å². The lowest BCUT2D eigenvalue weighted by atomic mass is 10.1. The van der Waals surface area contributed by atoms with Gasteiger partial charge in [0.1, 0.15) is 23.6 Å². The second-order valence-corrected chi connectivity index (χ2v) is 3.63. The van der Waals surface area contributed by atoms with Crippen molar-refractivity contribution in [2.45, 2.75) is 0 Å². The molecule has 0 aliphatic carbocycles. The van der Waals surface area contributed by atoms with Crippen LogP contribution in [0.1, 0.15) is 5.56 Å². The van der Waals surface area contributed by atoms with Gasteiger partial charge in [-0.3, -0.25) is 0 Å². The Morgan fingerprint density at radius 2 is 2.29 bits per heavy atom. The zero-order valence-corrected chi connectivity index (χ0v) is 9.53. The fourth-order valence-corrected chi connectivity index (χ4v) is 1.71. The maximum Gasteiger partial charge on any atom is 0.148 e. The molecule has 0 atom stereocenters. The topological polar surface area (TPSA) is 45.9 Å². The van der Waals surface area contributed by atoms with E-state index >= 15 is 0 Å². The van der Waals surface area contributed by atoms with Crippen molar-refractivity contribution < 1.29 is 4.74 Å². The Labute approximate surface area is 104 Å². The molecule has 0 bridgehead atoms. The van der Waals surface area contributed by atoms with E-state index < -0.39 is 0 Å². The quantitative estimate of drug-likeness (QED) is 0.601. The van der Waals surface area contributed by atoms with Crippen LogP contribution in [-0.4, -0.2) is 11.6 Å². The number of halogens is 1. The number of pyridine rings is 1. The smallest absolute Gasteiger partial charge is 0.148 e. The number of rotatable bonds is 2. The number of ether oxygens (including phenoxy) is 1. The van der Waals surface area contributed by atoms with E-state index in [0.29, 0.717) is 16.5 Å². The molecule has 0 unspecified atom stereocenters. The Morgan fingerprint density at radius 3 is 3.00 bits per heavy atom. The Kier molecular flexibility index (Phi) is 3.14. The minimum absolute atomic E-state index is 0.109. The Hall–Kier alpha value is -2.23. The summed E-state index contributed by atoms with van der Waals surface area (Å²) < 4.78 is 5.30. The Balaban J connectivity index is 2.63. The zero-order valence-electron chi connectivity index (χ0n) is 8.77. The number of hydrogen-bond acceptors (Lipinski definition) is 3. The molecule has 17 heavy (non-hydrogen) atoms. The second-order valence-electron chi connectivity index (χ2n) is 3.28. The molecule has 2 rings (SSSR count). The summed E-state index contributed by atoms with van der Waals surface area (Å²) in [5.41, 5.74) is 0.426. The molecule has 1 aromatic heterocycles. The van der Waals surface area contributed by atoms with E-state index in [-0.39, 0.29) is 6.61 Å². The van der Waals surface area contributed by atoms with Gasteiger partial charge in [0, 0.05) is 11.6 Å². The summed E-state index contributed by atoms with van der Waals surface area (Å²) in [5, 5.41) is 11.0. The molecule has 0 spiro atoms. The molecule has 4 heteroatoms. The number of nitriles is 1. The van der Waals surface area contributed by atoms with Crippen LogP contribution in [-0.2, 0) is 0 Å². The molecule has 1 heterocycles. The van der Waals surface area contributed by atoms with E-state index in [1.54, 1.807) is 24.4 Å². The summed E-state index contributed by atoms with van der Waals surface area (Å²) in [6.07, 6.45) is 6.71. The fraction of sp³-hybridized carbons (Fsp3) is 0.0769. The molecule has 82 valence electrons. The number of aromatic nitrogens is 1. The molecule has 0 N–H and O–H groups in total. The van der Waals surface area contributed by atoms with E-state index in [1.165, 1.54) is 0 Å². The van der Waals surface area contributed by atoms with E-state index in [9.17, 15) is 0 Å². The SMILES string of the molecule is C#CCOc1cc2c(Cl)nccc2cc1C#N. The number of hydrogen-bond donors (Lipinski definition) is 0. The van der Waals surface area contributed by atoms with Crippen molar-refractivity contribution in [1.29, 1.82) is 5.26 Å². The van der Waals surface area contributed by atoms with Crippen LogP contribution in [0.15, 0.2) is 24.4 Å². The second kappa shape index (κ2) is 4.74. The van der Waals surface area contributed by atoms with Crippen LogP contribution < -0.4 is 4.74 Å². The van der Waals surface area contributed by atoms with Crippen LogP contribution in [0.3, 0.4) is 0 Å². The van der Waals surface area contributed by atoms with Gasteiger partial charge in [-0.05, 0) is 23.6 Å². The molecule has 0 aliphatic heterocycles. The lowest BCUT2D eigenvalue weighted by Crippen LogP contribution is -1.96. The monoisotopic (exact) mass is 242 g/mol. The highest BCUT2D eigenvalue weighted by Gasteiger charge is 2.08. The molecule has 2 aromatic rings. The van der Waals surface area contributed by atoms with Crippen LogP contribution in [0.4, 0.5) is 0 Å². The normalized spacial score (nSPS) is 9.59. The van der Waals surface area contributed by atoms with E-state index in [4.69, 9.17) is 28.0 Å². The highest BCUT2D eigenvalue weighted by atomic mass is 35.5. The lowest BCUT2D eigenvalue weighted by molar-refractivity contribution is 0.370. The first kappa shape index (κ1) is 11.3. The molecule has 0 aliphatic rings. The van der Waals surface area contributed by atoms with Gasteiger partial charge in [0.05, 0.1) is 5.56 Å². The van der Waals surface area contributed by atoms with Gasteiger partial charge in [0.2, 0.25) is 0 Å². The van der Waals surface area contributed by atoms with E-state index in [0.717, 1.165) is 10.8 Å². The number of terminal acetylenes is 1. The summed E-state index contributed by atoms with van der Waals surface area (Å²) in [6.45, 7) is 0.109. The van der Waals surface area contributed by atoms with Crippen LogP contribution >= 0.6 is 11.6 Å². The standard InChI is InChI=1S/C13H7ClN2O/c1-2-5-17-12-7-11-9(6-10(12)8-15)3-4-16-13(11)14/h1,3-4,6-7H,5H2. The summed E-state index contributed by atoms with van der Waals surface area (Å²) in [7, 11) is 0. The van der Waals surface area contributed by atoms with Crippen LogP contribution in [0.25, 0.3) is 10.8 Å². The van der Waals surface area contributed by atoms with Crippen molar-refractivity contribution in [3.05, 3.63) is 35.1 Å². The molecule has 0 saturated heterocycles.